The second-order valence-corrected chi connectivity index (χ2v) is 6.75. The molecule has 1 saturated carbocycles. The monoisotopic (exact) mass is 306 g/mol. The summed E-state index contributed by atoms with van der Waals surface area (Å²) in [7, 11) is 0. The predicted octanol–water partition coefficient (Wildman–Crippen LogP) is 4.20. The van der Waals surface area contributed by atoms with Crippen molar-refractivity contribution in [1.29, 1.82) is 0 Å². The predicted molar refractivity (Wildman–Crippen MR) is 86.4 cm³/mol. The summed E-state index contributed by atoms with van der Waals surface area (Å²) in [6.07, 6.45) is 4.94. The van der Waals surface area contributed by atoms with Crippen LogP contribution in [0.5, 0.6) is 0 Å². The summed E-state index contributed by atoms with van der Waals surface area (Å²) in [6, 6.07) is 7.44. The highest BCUT2D eigenvalue weighted by molar-refractivity contribution is 6.30. The van der Waals surface area contributed by atoms with E-state index in [2.05, 4.69) is 13.5 Å². The highest BCUT2D eigenvalue weighted by atomic mass is 35.5. The van der Waals surface area contributed by atoms with Crippen molar-refractivity contribution in [1.82, 2.24) is 0 Å². The van der Waals surface area contributed by atoms with Crippen LogP contribution in [0.15, 0.2) is 36.9 Å². The normalized spacial score (nSPS) is 29.1. The average molecular weight is 307 g/mol. The second-order valence-electron chi connectivity index (χ2n) is 6.31. The van der Waals surface area contributed by atoms with Crippen molar-refractivity contribution in [3.63, 3.8) is 0 Å². The molecule has 0 unspecified atom stereocenters. The molecular formula is C18H23ClO2. The van der Waals surface area contributed by atoms with E-state index in [1.54, 1.807) is 6.08 Å². The minimum absolute atomic E-state index is 0.0470. The van der Waals surface area contributed by atoms with Gasteiger partial charge < -0.3 is 5.11 Å². The standard InChI is InChI=1S/C18H23ClO2/c1-3-9-18(21)10-8-16(13(2)12-18)17(20)11-14-4-6-15(19)7-5-14/h3-7,13,16,21H,1,8-12H2,2H3/t13-,16-,18+/m0/s1. The molecule has 0 saturated heterocycles. The van der Waals surface area contributed by atoms with E-state index in [9.17, 15) is 9.90 Å². The van der Waals surface area contributed by atoms with Gasteiger partial charge in [-0.1, -0.05) is 36.7 Å². The molecule has 0 aromatic heterocycles. The molecule has 0 bridgehead atoms. The van der Waals surface area contributed by atoms with Crippen molar-refractivity contribution < 1.29 is 9.90 Å². The molecule has 0 radical (unpaired) electrons. The summed E-state index contributed by atoms with van der Waals surface area (Å²) in [5.74, 6) is 0.528. The molecule has 1 aliphatic carbocycles. The summed E-state index contributed by atoms with van der Waals surface area (Å²) < 4.78 is 0. The third-order valence-corrected chi connectivity index (χ3v) is 4.79. The van der Waals surface area contributed by atoms with Crippen LogP contribution in [-0.4, -0.2) is 16.5 Å². The fourth-order valence-corrected chi connectivity index (χ4v) is 3.55. The van der Waals surface area contributed by atoms with Gasteiger partial charge in [-0.2, -0.15) is 0 Å². The molecule has 1 fully saturated rings. The first kappa shape index (κ1) is 16.3. The number of halogens is 1. The maximum absolute atomic E-state index is 12.5. The number of ketones is 1. The van der Waals surface area contributed by atoms with E-state index in [0.717, 1.165) is 12.0 Å². The summed E-state index contributed by atoms with van der Waals surface area (Å²) in [6.45, 7) is 5.77. The summed E-state index contributed by atoms with van der Waals surface area (Å²) in [5, 5.41) is 11.2. The van der Waals surface area contributed by atoms with Crippen molar-refractivity contribution in [2.75, 3.05) is 0 Å². The van der Waals surface area contributed by atoms with Crippen LogP contribution in [0, 0.1) is 11.8 Å². The number of rotatable bonds is 5. The molecule has 0 aliphatic heterocycles. The SMILES string of the molecule is C=CC[C@@]1(O)CC[C@H](C(=O)Cc2ccc(Cl)cc2)[C@@H](C)C1. The third kappa shape index (κ3) is 4.18. The molecule has 3 heteroatoms. The Morgan fingerprint density at radius 3 is 2.71 bits per heavy atom. The molecule has 21 heavy (non-hydrogen) atoms. The average Bonchev–Trinajstić information content (AvgIpc) is 2.41. The number of carbonyl (C=O) groups excluding carboxylic acids is 1. The van der Waals surface area contributed by atoms with Crippen LogP contribution in [0.4, 0.5) is 0 Å². The zero-order chi connectivity index (χ0) is 15.5. The zero-order valence-corrected chi connectivity index (χ0v) is 13.3. The number of aliphatic hydroxyl groups is 1. The Bertz CT molecular complexity index is 508. The number of benzene rings is 1. The minimum atomic E-state index is -0.668. The van der Waals surface area contributed by atoms with Gasteiger partial charge in [-0.25, -0.2) is 0 Å². The van der Waals surface area contributed by atoms with E-state index >= 15 is 0 Å². The van der Waals surface area contributed by atoms with Gasteiger partial charge in [0.15, 0.2) is 0 Å². The van der Waals surface area contributed by atoms with Crippen LogP contribution in [0.1, 0.15) is 38.2 Å². The Kier molecular flexibility index (Phi) is 5.23. The van der Waals surface area contributed by atoms with Crippen LogP contribution in [-0.2, 0) is 11.2 Å². The fourth-order valence-electron chi connectivity index (χ4n) is 3.42. The minimum Gasteiger partial charge on any atom is -0.390 e. The molecule has 1 N–H and O–H groups in total. The van der Waals surface area contributed by atoms with E-state index in [1.807, 2.05) is 24.3 Å². The van der Waals surface area contributed by atoms with Crippen LogP contribution in [0.25, 0.3) is 0 Å². The highest BCUT2D eigenvalue weighted by Gasteiger charge is 2.39. The fraction of sp³-hybridized carbons (Fsp3) is 0.500. The first-order valence-electron chi connectivity index (χ1n) is 7.54. The zero-order valence-electron chi connectivity index (χ0n) is 12.5. The van der Waals surface area contributed by atoms with Gasteiger partial charge in [-0.3, -0.25) is 4.79 Å². The Morgan fingerprint density at radius 2 is 2.14 bits per heavy atom. The maximum atomic E-state index is 12.5. The Hall–Kier alpha value is -1.12. The molecule has 1 aromatic rings. The molecule has 1 aromatic carbocycles. The third-order valence-electron chi connectivity index (χ3n) is 4.54. The summed E-state index contributed by atoms with van der Waals surface area (Å²) in [5.41, 5.74) is 0.335. The summed E-state index contributed by atoms with van der Waals surface area (Å²) in [4.78, 5) is 12.5. The lowest BCUT2D eigenvalue weighted by molar-refractivity contribution is -0.127. The van der Waals surface area contributed by atoms with Crippen molar-refractivity contribution >= 4 is 17.4 Å². The lowest BCUT2D eigenvalue weighted by Gasteiger charge is -2.39. The first-order valence-corrected chi connectivity index (χ1v) is 7.92. The molecule has 114 valence electrons. The number of hydrogen-bond donors (Lipinski definition) is 1. The molecule has 2 nitrogen and oxygen atoms in total. The van der Waals surface area contributed by atoms with E-state index in [-0.39, 0.29) is 17.6 Å². The van der Waals surface area contributed by atoms with E-state index in [4.69, 9.17) is 11.6 Å². The van der Waals surface area contributed by atoms with Gasteiger partial charge >= 0.3 is 0 Å². The molecule has 0 amide bonds. The largest absolute Gasteiger partial charge is 0.390 e. The summed E-state index contributed by atoms with van der Waals surface area (Å²) >= 11 is 5.86. The van der Waals surface area contributed by atoms with Crippen LogP contribution >= 0.6 is 11.6 Å². The lowest BCUT2D eigenvalue weighted by Crippen LogP contribution is -2.40. The van der Waals surface area contributed by atoms with Crippen LogP contribution in [0.2, 0.25) is 5.02 Å². The van der Waals surface area contributed by atoms with Crippen LogP contribution in [0.3, 0.4) is 0 Å². The van der Waals surface area contributed by atoms with Crippen molar-refractivity contribution in [2.45, 2.75) is 44.6 Å². The molecule has 3 atom stereocenters. The Labute approximate surface area is 131 Å². The van der Waals surface area contributed by atoms with Gasteiger partial charge in [0.2, 0.25) is 0 Å². The van der Waals surface area contributed by atoms with Gasteiger partial charge in [0.25, 0.3) is 0 Å². The van der Waals surface area contributed by atoms with Gasteiger partial charge in [0, 0.05) is 17.4 Å². The maximum Gasteiger partial charge on any atom is 0.140 e. The molecule has 0 spiro atoms. The number of hydrogen-bond acceptors (Lipinski definition) is 2. The topological polar surface area (TPSA) is 37.3 Å². The van der Waals surface area contributed by atoms with Gasteiger partial charge in [0.05, 0.1) is 5.60 Å². The lowest BCUT2D eigenvalue weighted by atomic mass is 9.69. The van der Waals surface area contributed by atoms with E-state index < -0.39 is 5.60 Å². The van der Waals surface area contributed by atoms with Gasteiger partial charge in [0.1, 0.15) is 5.78 Å². The Morgan fingerprint density at radius 1 is 1.48 bits per heavy atom. The Balaban J connectivity index is 1.97. The van der Waals surface area contributed by atoms with Gasteiger partial charge in [-0.15, -0.1) is 6.58 Å². The van der Waals surface area contributed by atoms with Crippen molar-refractivity contribution in [2.24, 2.45) is 11.8 Å². The van der Waals surface area contributed by atoms with E-state index in [1.165, 1.54) is 0 Å². The molecule has 0 heterocycles. The molecular weight excluding hydrogens is 284 g/mol. The first-order chi connectivity index (χ1) is 9.93. The number of Topliss-reactive ketones (excluding diaryl/α,β-unsaturated/α-hetero) is 1. The molecule has 2 rings (SSSR count). The number of carbonyl (C=O) groups is 1. The van der Waals surface area contributed by atoms with Crippen molar-refractivity contribution in [3.8, 4) is 0 Å². The quantitative estimate of drug-likeness (QED) is 0.828. The van der Waals surface area contributed by atoms with Crippen molar-refractivity contribution in [3.05, 3.63) is 47.5 Å². The highest BCUT2D eigenvalue weighted by Crippen LogP contribution is 2.39. The second kappa shape index (κ2) is 6.76. The smallest absolute Gasteiger partial charge is 0.140 e. The van der Waals surface area contributed by atoms with Gasteiger partial charge in [-0.05, 0) is 49.3 Å². The van der Waals surface area contributed by atoms with E-state index in [0.29, 0.717) is 30.7 Å². The molecule has 1 aliphatic rings. The van der Waals surface area contributed by atoms with Crippen LogP contribution < -0.4 is 0 Å².